The van der Waals surface area contributed by atoms with Crippen LogP contribution in [0.1, 0.15) is 79.5 Å². The monoisotopic (exact) mass is 605 g/mol. The number of likely N-dealkylation sites (tertiary alicyclic amines) is 1. The van der Waals surface area contributed by atoms with Gasteiger partial charge in [-0.05, 0) is 65.3 Å². The number of benzene rings is 2. The van der Waals surface area contributed by atoms with Crippen molar-refractivity contribution in [1.82, 2.24) is 25.0 Å². The second kappa shape index (κ2) is 10.2. The van der Waals surface area contributed by atoms with Crippen LogP contribution in [0.15, 0.2) is 47.4 Å². The number of hydrogen-bond acceptors (Lipinski definition) is 4. The van der Waals surface area contributed by atoms with Crippen LogP contribution in [0, 0.1) is 5.41 Å². The summed E-state index contributed by atoms with van der Waals surface area (Å²) in [5.74, 6) is -1.06. The van der Waals surface area contributed by atoms with Crippen LogP contribution in [0.4, 0.5) is 13.2 Å². The number of piperidine rings is 1. The van der Waals surface area contributed by atoms with Crippen LogP contribution in [-0.4, -0.2) is 62.6 Å². The molecular weight excluding hydrogens is 571 g/mol. The highest BCUT2D eigenvalue weighted by Crippen LogP contribution is 2.65. The van der Waals surface area contributed by atoms with Gasteiger partial charge in [0, 0.05) is 48.4 Å². The summed E-state index contributed by atoms with van der Waals surface area (Å²) in [6.45, 7) is 3.37. The fourth-order valence-electron chi connectivity index (χ4n) is 7.59. The maximum atomic E-state index is 13.9. The van der Waals surface area contributed by atoms with E-state index >= 15 is 0 Å². The van der Waals surface area contributed by atoms with E-state index in [1.54, 1.807) is 11.1 Å². The number of fused-ring (bicyclic) bond motifs is 6. The molecule has 1 saturated carbocycles. The van der Waals surface area contributed by atoms with Gasteiger partial charge in [0.15, 0.2) is 0 Å². The van der Waals surface area contributed by atoms with Crippen LogP contribution in [0.25, 0.3) is 21.8 Å². The first-order chi connectivity index (χ1) is 20.9. The third kappa shape index (κ3) is 4.77. The standard InChI is InChI=1S/C33H34F3N5O3/c1-18(2)21-12-23-25(24-15-37-39-29(21)24)16-41(17-33(34,35)36)31(44)32(13-26(23)32)14-28(42)40-9-7-19(8-10-40)22-11-20-5-3-4-6-27(20)38-30(22)43/h3-6,11-12,15,18-19,26H,7-10,13-14,16-17H2,1-2H3,(H,37,39)(H,38,43)/t26-,32?/m1/s1. The van der Waals surface area contributed by atoms with E-state index in [1.165, 1.54) is 0 Å². The average molecular weight is 606 g/mol. The number of carbonyl (C=O) groups excluding carboxylic acids is 2. The predicted octanol–water partition coefficient (Wildman–Crippen LogP) is 5.70. The normalized spacial score (nSPS) is 22.4. The number of pyridine rings is 1. The molecule has 0 radical (unpaired) electrons. The number of alkyl halides is 3. The SMILES string of the molecule is CC(C)c1cc2c(c3cn[nH]c13)CN(CC(F)(F)F)C(=O)C1(CC(=O)N3CCC(c4cc5ccccc5[nH]c4=O)CC3)C[C@H]21. The summed E-state index contributed by atoms with van der Waals surface area (Å²) in [4.78, 5) is 46.1. The Labute approximate surface area is 251 Å². The van der Waals surface area contributed by atoms with E-state index in [4.69, 9.17) is 0 Å². The van der Waals surface area contributed by atoms with Crippen LogP contribution < -0.4 is 5.56 Å². The molecule has 1 unspecified atom stereocenters. The van der Waals surface area contributed by atoms with Gasteiger partial charge in [-0.15, -0.1) is 0 Å². The molecule has 44 heavy (non-hydrogen) atoms. The van der Waals surface area contributed by atoms with Crippen molar-refractivity contribution < 1.29 is 22.8 Å². The predicted molar refractivity (Wildman–Crippen MR) is 159 cm³/mol. The van der Waals surface area contributed by atoms with Crippen LogP contribution >= 0.6 is 0 Å². The third-order valence-electron chi connectivity index (χ3n) is 9.95. The smallest absolute Gasteiger partial charge is 0.343 e. The lowest BCUT2D eigenvalue weighted by Crippen LogP contribution is -2.45. The molecule has 2 aliphatic heterocycles. The molecule has 2 aromatic heterocycles. The van der Waals surface area contributed by atoms with Crippen molar-refractivity contribution in [3.8, 4) is 0 Å². The second-order valence-electron chi connectivity index (χ2n) is 13.0. The number of H-pyrrole nitrogens is 2. The molecule has 230 valence electrons. The van der Waals surface area contributed by atoms with Gasteiger partial charge >= 0.3 is 6.18 Å². The molecule has 8 nitrogen and oxygen atoms in total. The molecule has 2 aromatic carbocycles. The Kier molecular flexibility index (Phi) is 6.64. The van der Waals surface area contributed by atoms with Crippen molar-refractivity contribution in [2.45, 2.75) is 70.0 Å². The van der Waals surface area contributed by atoms with Crippen molar-refractivity contribution >= 4 is 33.6 Å². The summed E-state index contributed by atoms with van der Waals surface area (Å²) >= 11 is 0. The zero-order valence-corrected chi connectivity index (χ0v) is 24.6. The van der Waals surface area contributed by atoms with Crippen LogP contribution in [0.3, 0.4) is 0 Å². The van der Waals surface area contributed by atoms with Gasteiger partial charge in [0.2, 0.25) is 11.8 Å². The fourth-order valence-corrected chi connectivity index (χ4v) is 7.59. The highest BCUT2D eigenvalue weighted by molar-refractivity contribution is 5.96. The number of aromatic amines is 2. The molecule has 1 saturated heterocycles. The number of halogens is 3. The van der Waals surface area contributed by atoms with Crippen molar-refractivity contribution in [1.29, 1.82) is 0 Å². The summed E-state index contributed by atoms with van der Waals surface area (Å²) in [6, 6.07) is 11.5. The average Bonchev–Trinajstić information content (AvgIpc) is 3.50. The van der Waals surface area contributed by atoms with Crippen LogP contribution in [0.5, 0.6) is 0 Å². The Balaban J connectivity index is 1.15. The number of aromatic nitrogens is 3. The van der Waals surface area contributed by atoms with Crippen molar-refractivity contribution in [2.75, 3.05) is 19.6 Å². The number of nitrogens with zero attached hydrogens (tertiary/aromatic N) is 3. The van der Waals surface area contributed by atoms with Crippen molar-refractivity contribution in [2.24, 2.45) is 5.41 Å². The summed E-state index contributed by atoms with van der Waals surface area (Å²) in [5.41, 5.74) is 3.43. The van der Waals surface area contributed by atoms with Gasteiger partial charge in [0.25, 0.3) is 5.56 Å². The van der Waals surface area contributed by atoms with E-state index in [9.17, 15) is 27.6 Å². The fraction of sp³-hybridized carbons (Fsp3) is 0.455. The van der Waals surface area contributed by atoms with E-state index in [2.05, 4.69) is 15.2 Å². The molecule has 11 heteroatoms. The van der Waals surface area contributed by atoms with Crippen molar-refractivity contribution in [3.63, 3.8) is 0 Å². The first-order valence-electron chi connectivity index (χ1n) is 15.2. The number of rotatable bonds is 5. The van der Waals surface area contributed by atoms with Crippen molar-refractivity contribution in [3.05, 3.63) is 75.2 Å². The first kappa shape index (κ1) is 28.6. The zero-order valence-electron chi connectivity index (χ0n) is 24.6. The minimum atomic E-state index is -4.58. The molecule has 4 heterocycles. The Morgan fingerprint density at radius 3 is 2.59 bits per heavy atom. The number of hydrogen-bond donors (Lipinski definition) is 2. The quantitative estimate of drug-likeness (QED) is 0.305. The Bertz CT molecular complexity index is 1850. The Morgan fingerprint density at radius 2 is 1.86 bits per heavy atom. The molecule has 3 aliphatic rings. The minimum Gasteiger partial charge on any atom is -0.343 e. The van der Waals surface area contributed by atoms with Gasteiger partial charge in [0.05, 0.1) is 17.1 Å². The number of amides is 2. The highest BCUT2D eigenvalue weighted by atomic mass is 19.4. The van der Waals surface area contributed by atoms with E-state index in [0.29, 0.717) is 43.5 Å². The van der Waals surface area contributed by atoms with E-state index in [1.807, 2.05) is 50.2 Å². The number of nitrogens with one attached hydrogen (secondary N) is 2. The molecule has 0 bridgehead atoms. The molecule has 2 fully saturated rings. The Morgan fingerprint density at radius 1 is 1.11 bits per heavy atom. The lowest BCUT2D eigenvalue weighted by atomic mass is 9.87. The topological polar surface area (TPSA) is 102 Å². The zero-order chi connectivity index (χ0) is 31.0. The third-order valence-corrected chi connectivity index (χ3v) is 9.95. The summed E-state index contributed by atoms with van der Waals surface area (Å²) in [5, 5.41) is 8.85. The molecule has 1 aliphatic carbocycles. The van der Waals surface area contributed by atoms with E-state index < -0.39 is 24.0 Å². The molecule has 2 amide bonds. The summed E-state index contributed by atoms with van der Waals surface area (Å²) < 4.78 is 41.2. The molecule has 4 aromatic rings. The number of carbonyl (C=O) groups is 2. The molecular formula is C33H34F3N5O3. The van der Waals surface area contributed by atoms with Crippen LogP contribution in [-0.2, 0) is 16.1 Å². The molecule has 0 spiro atoms. The summed E-state index contributed by atoms with van der Waals surface area (Å²) in [7, 11) is 0. The van der Waals surface area contributed by atoms with Gasteiger partial charge in [-0.3, -0.25) is 19.5 Å². The number of para-hydroxylation sites is 1. The maximum absolute atomic E-state index is 13.9. The molecule has 2 N–H and O–H groups in total. The Hall–Kier alpha value is -4.15. The first-order valence-corrected chi connectivity index (χ1v) is 15.2. The maximum Gasteiger partial charge on any atom is 0.406 e. The van der Waals surface area contributed by atoms with Gasteiger partial charge in [-0.1, -0.05) is 38.1 Å². The van der Waals surface area contributed by atoms with Gasteiger partial charge < -0.3 is 14.8 Å². The molecule has 7 rings (SSSR count). The second-order valence-corrected chi connectivity index (χ2v) is 13.0. The lowest BCUT2D eigenvalue weighted by molar-refractivity contribution is -0.166. The van der Waals surface area contributed by atoms with Gasteiger partial charge in [-0.2, -0.15) is 18.3 Å². The minimum absolute atomic E-state index is 0.0141. The van der Waals surface area contributed by atoms with E-state index in [-0.39, 0.29) is 42.2 Å². The highest BCUT2D eigenvalue weighted by Gasteiger charge is 2.65. The molecule has 2 atom stereocenters. The summed E-state index contributed by atoms with van der Waals surface area (Å²) in [6.07, 6.45) is -1.56. The van der Waals surface area contributed by atoms with Gasteiger partial charge in [-0.25, -0.2) is 0 Å². The van der Waals surface area contributed by atoms with Crippen LogP contribution in [0.2, 0.25) is 0 Å². The van der Waals surface area contributed by atoms with E-state index in [0.717, 1.165) is 37.8 Å². The largest absolute Gasteiger partial charge is 0.406 e. The van der Waals surface area contributed by atoms with Gasteiger partial charge in [0.1, 0.15) is 6.54 Å². The lowest BCUT2D eigenvalue weighted by Gasteiger charge is -2.33.